The van der Waals surface area contributed by atoms with E-state index >= 15 is 0 Å². The van der Waals surface area contributed by atoms with Crippen molar-refractivity contribution in [1.82, 2.24) is 0 Å². The molecule has 0 spiro atoms. The molecular weight excluding hydrogens is 300 g/mol. The fraction of sp³-hybridized carbons (Fsp3) is 0.714. The van der Waals surface area contributed by atoms with Crippen LogP contribution < -0.4 is 0 Å². The molecule has 0 saturated carbocycles. The van der Waals surface area contributed by atoms with Crippen LogP contribution in [-0.4, -0.2) is 18.9 Å². The van der Waals surface area contributed by atoms with E-state index in [4.69, 9.17) is 0 Å². The number of methoxy groups -OCH3 is 1. The first kappa shape index (κ1) is 22.6. The van der Waals surface area contributed by atoms with Gasteiger partial charge >= 0.3 is 5.97 Å². The maximum Gasteiger partial charge on any atom is 0.305 e. The monoisotopic (exact) mass is 336 g/mol. The number of hydrogen-bond donors (Lipinski definition) is 0. The van der Waals surface area contributed by atoms with E-state index in [-0.39, 0.29) is 11.8 Å². The second-order valence-corrected chi connectivity index (χ2v) is 6.30. The Morgan fingerprint density at radius 2 is 1.42 bits per heavy atom. The molecule has 0 aromatic carbocycles. The highest BCUT2D eigenvalue weighted by Crippen LogP contribution is 2.10. The molecule has 138 valence electrons. The van der Waals surface area contributed by atoms with Crippen LogP contribution in [0.4, 0.5) is 0 Å². The van der Waals surface area contributed by atoms with Gasteiger partial charge in [-0.15, -0.1) is 0 Å². The first-order chi connectivity index (χ1) is 11.7. The third-order valence-electron chi connectivity index (χ3n) is 4.04. The van der Waals surface area contributed by atoms with Gasteiger partial charge < -0.3 is 4.74 Å². The van der Waals surface area contributed by atoms with E-state index in [0.29, 0.717) is 12.8 Å². The average molecular weight is 337 g/mol. The lowest BCUT2D eigenvalue weighted by molar-refractivity contribution is -0.140. The first-order valence-corrected chi connectivity index (χ1v) is 9.63. The van der Waals surface area contributed by atoms with Gasteiger partial charge in [0.05, 0.1) is 7.11 Å². The van der Waals surface area contributed by atoms with Gasteiger partial charge in [-0.05, 0) is 31.8 Å². The van der Waals surface area contributed by atoms with Crippen molar-refractivity contribution in [3.63, 3.8) is 0 Å². The molecule has 0 unspecified atom stereocenters. The SMILES string of the molecule is CCCCCC=CC=CC(=O)CCCCCCCCCC(=O)OC. The molecule has 0 aliphatic carbocycles. The Balaban J connectivity index is 3.38. The van der Waals surface area contributed by atoms with Gasteiger partial charge in [-0.25, -0.2) is 0 Å². The molecule has 0 aliphatic heterocycles. The van der Waals surface area contributed by atoms with Crippen molar-refractivity contribution in [1.29, 1.82) is 0 Å². The van der Waals surface area contributed by atoms with Crippen LogP contribution in [0.5, 0.6) is 0 Å². The molecule has 0 atom stereocenters. The summed E-state index contributed by atoms with van der Waals surface area (Å²) in [5.41, 5.74) is 0. The molecule has 0 aliphatic rings. The molecule has 24 heavy (non-hydrogen) atoms. The minimum Gasteiger partial charge on any atom is -0.469 e. The molecule has 0 aromatic rings. The van der Waals surface area contributed by atoms with Crippen molar-refractivity contribution in [2.24, 2.45) is 0 Å². The normalized spacial score (nSPS) is 11.4. The van der Waals surface area contributed by atoms with E-state index < -0.39 is 0 Å². The molecule has 0 amide bonds. The van der Waals surface area contributed by atoms with Gasteiger partial charge in [0.25, 0.3) is 0 Å². The molecule has 0 rings (SSSR count). The summed E-state index contributed by atoms with van der Waals surface area (Å²) in [5.74, 6) is 0.114. The van der Waals surface area contributed by atoms with Crippen molar-refractivity contribution in [2.45, 2.75) is 90.4 Å². The van der Waals surface area contributed by atoms with Crippen LogP contribution in [0.25, 0.3) is 0 Å². The topological polar surface area (TPSA) is 43.4 Å². The quantitative estimate of drug-likeness (QED) is 0.152. The van der Waals surface area contributed by atoms with Gasteiger partial charge in [0, 0.05) is 12.8 Å². The minimum absolute atomic E-state index is 0.114. The summed E-state index contributed by atoms with van der Waals surface area (Å²) >= 11 is 0. The maximum atomic E-state index is 11.7. The fourth-order valence-corrected chi connectivity index (χ4v) is 2.49. The maximum absolute atomic E-state index is 11.7. The third-order valence-corrected chi connectivity index (χ3v) is 4.04. The van der Waals surface area contributed by atoms with Crippen LogP contribution >= 0.6 is 0 Å². The summed E-state index contributed by atoms with van der Waals surface area (Å²) in [4.78, 5) is 22.6. The van der Waals surface area contributed by atoms with Gasteiger partial charge in [-0.2, -0.15) is 0 Å². The van der Waals surface area contributed by atoms with Gasteiger partial charge in [0.1, 0.15) is 0 Å². The molecular formula is C21H36O3. The molecule has 0 bridgehead atoms. The van der Waals surface area contributed by atoms with Gasteiger partial charge in [0.2, 0.25) is 0 Å². The Morgan fingerprint density at radius 3 is 2.04 bits per heavy atom. The number of carbonyl (C=O) groups excluding carboxylic acids is 2. The van der Waals surface area contributed by atoms with E-state index in [1.54, 1.807) is 6.08 Å². The van der Waals surface area contributed by atoms with Crippen LogP contribution in [0.1, 0.15) is 90.4 Å². The first-order valence-electron chi connectivity index (χ1n) is 9.63. The van der Waals surface area contributed by atoms with Crippen molar-refractivity contribution in [2.75, 3.05) is 7.11 Å². The molecule has 0 heterocycles. The zero-order valence-electron chi connectivity index (χ0n) is 15.7. The van der Waals surface area contributed by atoms with Crippen molar-refractivity contribution in [3.8, 4) is 0 Å². The number of rotatable bonds is 16. The summed E-state index contributed by atoms with van der Waals surface area (Å²) in [6.45, 7) is 2.20. The summed E-state index contributed by atoms with van der Waals surface area (Å²) in [7, 11) is 1.43. The highest BCUT2D eigenvalue weighted by Gasteiger charge is 1.99. The number of ketones is 1. The Hall–Kier alpha value is -1.38. The van der Waals surface area contributed by atoms with Gasteiger partial charge in [-0.3, -0.25) is 9.59 Å². The zero-order valence-corrected chi connectivity index (χ0v) is 15.7. The lowest BCUT2D eigenvalue weighted by Crippen LogP contribution is -1.99. The number of hydrogen-bond acceptors (Lipinski definition) is 3. The Kier molecular flexibility index (Phi) is 16.9. The molecule has 0 saturated heterocycles. The zero-order chi connectivity index (χ0) is 17.9. The lowest BCUT2D eigenvalue weighted by Gasteiger charge is -2.01. The van der Waals surface area contributed by atoms with E-state index in [0.717, 1.165) is 38.5 Å². The van der Waals surface area contributed by atoms with E-state index in [2.05, 4.69) is 17.7 Å². The van der Waals surface area contributed by atoms with Gasteiger partial charge in [0.15, 0.2) is 5.78 Å². The number of esters is 1. The standard InChI is InChI=1S/C21H36O3/c1-3-4-5-6-8-11-14-17-20(22)18-15-12-9-7-10-13-16-19-21(23)24-2/h8,11,14,17H,3-7,9-10,12-13,15-16,18-19H2,1-2H3. The van der Waals surface area contributed by atoms with Crippen LogP contribution in [0.3, 0.4) is 0 Å². The Bertz CT molecular complexity index is 369. The average Bonchev–Trinajstić information content (AvgIpc) is 2.59. The van der Waals surface area contributed by atoms with Crippen LogP contribution in [0.2, 0.25) is 0 Å². The van der Waals surface area contributed by atoms with E-state index in [1.807, 2.05) is 12.2 Å². The molecule has 3 nitrogen and oxygen atoms in total. The molecule has 0 radical (unpaired) electrons. The van der Waals surface area contributed by atoms with E-state index in [9.17, 15) is 9.59 Å². The summed E-state index contributed by atoms with van der Waals surface area (Å²) in [6, 6.07) is 0. The molecule has 0 fully saturated rings. The second-order valence-electron chi connectivity index (χ2n) is 6.30. The predicted octanol–water partition coefficient (Wildman–Crippen LogP) is 5.93. The number of ether oxygens (including phenoxy) is 1. The largest absolute Gasteiger partial charge is 0.469 e. The number of allylic oxidation sites excluding steroid dienone is 4. The van der Waals surface area contributed by atoms with Crippen molar-refractivity contribution in [3.05, 3.63) is 24.3 Å². The van der Waals surface area contributed by atoms with Gasteiger partial charge in [-0.1, -0.05) is 70.1 Å². The Labute approximate surface area is 148 Å². The highest BCUT2D eigenvalue weighted by molar-refractivity contribution is 5.89. The molecule has 3 heteroatoms. The molecule has 0 aromatic heterocycles. The molecule has 0 N–H and O–H groups in total. The highest BCUT2D eigenvalue weighted by atomic mass is 16.5. The predicted molar refractivity (Wildman–Crippen MR) is 101 cm³/mol. The Morgan fingerprint density at radius 1 is 0.792 bits per heavy atom. The van der Waals surface area contributed by atoms with Crippen molar-refractivity contribution < 1.29 is 14.3 Å². The van der Waals surface area contributed by atoms with E-state index in [1.165, 1.54) is 39.2 Å². The summed E-state index contributed by atoms with van der Waals surface area (Å²) in [5, 5.41) is 0. The van der Waals surface area contributed by atoms with Crippen LogP contribution in [-0.2, 0) is 14.3 Å². The second kappa shape index (κ2) is 18.0. The van der Waals surface area contributed by atoms with Crippen LogP contribution in [0, 0.1) is 0 Å². The summed E-state index contributed by atoms with van der Waals surface area (Å²) < 4.78 is 4.61. The lowest BCUT2D eigenvalue weighted by atomic mass is 10.1. The fourth-order valence-electron chi connectivity index (χ4n) is 2.49. The minimum atomic E-state index is -0.114. The summed E-state index contributed by atoms with van der Waals surface area (Å²) in [6.07, 6.45) is 21.4. The smallest absolute Gasteiger partial charge is 0.305 e. The number of carbonyl (C=O) groups is 2. The van der Waals surface area contributed by atoms with Crippen LogP contribution in [0.15, 0.2) is 24.3 Å². The number of unbranched alkanes of at least 4 members (excludes halogenated alkanes) is 9. The van der Waals surface area contributed by atoms with Crippen molar-refractivity contribution >= 4 is 11.8 Å². The third kappa shape index (κ3) is 17.0.